The number of hydrogen-bond acceptors (Lipinski definition) is 5. The zero-order chi connectivity index (χ0) is 19.6. The molecule has 1 fully saturated rings. The summed E-state index contributed by atoms with van der Waals surface area (Å²) >= 11 is 0. The molecule has 1 aliphatic rings. The van der Waals surface area contributed by atoms with Gasteiger partial charge in [0.15, 0.2) is 13.1 Å². The molecule has 0 aromatic heterocycles. The largest absolute Gasteiger partial charge is 0.450 e. The Labute approximate surface area is 159 Å². The van der Waals surface area contributed by atoms with Crippen molar-refractivity contribution < 1.29 is 24.0 Å². The molecule has 148 valence electrons. The maximum absolute atomic E-state index is 12.3. The summed E-state index contributed by atoms with van der Waals surface area (Å²) in [5, 5.41) is 5.00. The number of carbonyl (C=O) groups excluding carboxylic acids is 3. The number of hydrogen-bond donors (Lipinski definition) is 3. The van der Waals surface area contributed by atoms with Crippen molar-refractivity contribution in [3.05, 3.63) is 24.3 Å². The van der Waals surface area contributed by atoms with E-state index >= 15 is 0 Å². The molecule has 0 bridgehead atoms. The first-order chi connectivity index (χ1) is 13.0. The first-order valence-corrected chi connectivity index (χ1v) is 9.46. The summed E-state index contributed by atoms with van der Waals surface area (Å²) in [7, 11) is 0. The van der Waals surface area contributed by atoms with Gasteiger partial charge in [-0.05, 0) is 51.0 Å². The molecule has 1 aromatic rings. The number of ether oxygens (including phenoxy) is 1. The minimum Gasteiger partial charge on any atom is -0.450 e. The molecule has 27 heavy (non-hydrogen) atoms. The lowest BCUT2D eigenvalue weighted by atomic mass is 10.2. The van der Waals surface area contributed by atoms with Crippen molar-refractivity contribution in [1.29, 1.82) is 0 Å². The number of alkyl carbamates (subject to hydrolysis) is 1. The van der Waals surface area contributed by atoms with Crippen molar-refractivity contribution >= 4 is 29.3 Å². The van der Waals surface area contributed by atoms with Gasteiger partial charge in [0.05, 0.1) is 13.2 Å². The lowest BCUT2D eigenvalue weighted by Gasteiger charge is -2.18. The zero-order valence-electron chi connectivity index (χ0n) is 16.0. The van der Waals surface area contributed by atoms with E-state index in [0.717, 1.165) is 23.7 Å². The molecule has 1 saturated heterocycles. The third-order valence-electron chi connectivity index (χ3n) is 4.46. The summed E-state index contributed by atoms with van der Waals surface area (Å²) in [6.07, 6.45) is 1.68. The summed E-state index contributed by atoms with van der Waals surface area (Å²) in [5.41, 5.74) is 1.90. The lowest BCUT2D eigenvalue weighted by Crippen LogP contribution is -3.14. The molecular formula is C19H29N4O4+. The predicted octanol–water partition coefficient (Wildman–Crippen LogP) is 0.403. The van der Waals surface area contributed by atoms with Crippen LogP contribution in [0.3, 0.4) is 0 Å². The molecule has 0 aliphatic carbocycles. The minimum absolute atomic E-state index is 0.0244. The molecule has 1 unspecified atom stereocenters. The van der Waals surface area contributed by atoms with Crippen LogP contribution in [0.4, 0.5) is 16.2 Å². The number of anilines is 2. The number of likely N-dealkylation sites (N-methyl/N-ethyl adjacent to an activating group) is 1. The number of carbonyl (C=O) groups is 3. The van der Waals surface area contributed by atoms with Gasteiger partial charge in [-0.3, -0.25) is 14.9 Å². The van der Waals surface area contributed by atoms with Gasteiger partial charge in [-0.25, -0.2) is 4.79 Å². The molecule has 3 amide bonds. The van der Waals surface area contributed by atoms with Crippen molar-refractivity contribution in [3.8, 4) is 0 Å². The first kappa shape index (κ1) is 20.7. The zero-order valence-corrected chi connectivity index (χ0v) is 16.0. The highest BCUT2D eigenvalue weighted by Gasteiger charge is 2.19. The van der Waals surface area contributed by atoms with Crippen LogP contribution in [-0.2, 0) is 14.3 Å². The maximum atomic E-state index is 12.3. The van der Waals surface area contributed by atoms with Crippen LogP contribution in [0.2, 0.25) is 0 Å². The fraction of sp³-hybridized carbons (Fsp3) is 0.526. The molecule has 1 atom stereocenters. The van der Waals surface area contributed by atoms with E-state index in [0.29, 0.717) is 6.54 Å². The summed E-state index contributed by atoms with van der Waals surface area (Å²) in [6, 6.07) is 7.81. The van der Waals surface area contributed by atoms with E-state index in [1.165, 1.54) is 18.5 Å². The van der Waals surface area contributed by atoms with Crippen molar-refractivity contribution in [1.82, 2.24) is 5.32 Å². The number of nitrogens with zero attached hydrogens (tertiary/aromatic N) is 1. The second-order valence-corrected chi connectivity index (χ2v) is 6.51. The van der Waals surface area contributed by atoms with Crippen LogP contribution < -0.4 is 20.4 Å². The van der Waals surface area contributed by atoms with Gasteiger partial charge < -0.3 is 19.9 Å². The number of nitrogens with one attached hydrogen (secondary N) is 3. The Bertz CT molecular complexity index is 642. The van der Waals surface area contributed by atoms with E-state index in [1.54, 1.807) is 6.92 Å². The highest BCUT2D eigenvalue weighted by molar-refractivity contribution is 5.93. The summed E-state index contributed by atoms with van der Waals surface area (Å²) < 4.78 is 4.67. The molecule has 2 rings (SSSR count). The van der Waals surface area contributed by atoms with Gasteiger partial charge in [0.2, 0.25) is 0 Å². The molecule has 3 N–H and O–H groups in total. The van der Waals surface area contributed by atoms with Gasteiger partial charge in [-0.15, -0.1) is 0 Å². The monoisotopic (exact) mass is 377 g/mol. The Hall–Kier alpha value is -2.61. The number of benzene rings is 1. The number of rotatable bonds is 8. The summed E-state index contributed by atoms with van der Waals surface area (Å²) in [4.78, 5) is 38.4. The SMILES string of the molecule is CCOC(=O)NC(=O)C[NH+](CC)CC(=O)Nc1ccc(N2CCCC2)cc1. The normalized spacial score (nSPS) is 14.5. The number of amides is 3. The van der Waals surface area contributed by atoms with Gasteiger partial charge in [0.1, 0.15) is 0 Å². The van der Waals surface area contributed by atoms with Crippen molar-refractivity contribution in [2.45, 2.75) is 26.7 Å². The molecule has 0 spiro atoms. The molecule has 1 aliphatic heterocycles. The molecule has 1 heterocycles. The maximum Gasteiger partial charge on any atom is 0.414 e. The van der Waals surface area contributed by atoms with Crippen LogP contribution >= 0.6 is 0 Å². The Morgan fingerprint density at radius 3 is 2.26 bits per heavy atom. The fourth-order valence-electron chi connectivity index (χ4n) is 3.03. The van der Waals surface area contributed by atoms with E-state index in [1.807, 2.05) is 31.2 Å². The molecule has 0 saturated carbocycles. The Morgan fingerprint density at radius 2 is 1.67 bits per heavy atom. The van der Waals surface area contributed by atoms with E-state index in [9.17, 15) is 14.4 Å². The Morgan fingerprint density at radius 1 is 1.04 bits per heavy atom. The smallest absolute Gasteiger partial charge is 0.414 e. The van der Waals surface area contributed by atoms with Crippen molar-refractivity contribution in [2.24, 2.45) is 0 Å². The molecule has 0 radical (unpaired) electrons. The second-order valence-electron chi connectivity index (χ2n) is 6.51. The van der Waals surface area contributed by atoms with Gasteiger partial charge >= 0.3 is 6.09 Å². The Balaban J connectivity index is 1.80. The lowest BCUT2D eigenvalue weighted by molar-refractivity contribution is -0.881. The average molecular weight is 377 g/mol. The van der Waals surface area contributed by atoms with E-state index in [4.69, 9.17) is 0 Å². The quantitative estimate of drug-likeness (QED) is 0.610. The third kappa shape index (κ3) is 6.90. The number of quaternary nitrogens is 1. The molecule has 8 nitrogen and oxygen atoms in total. The fourth-order valence-corrected chi connectivity index (χ4v) is 3.03. The van der Waals surface area contributed by atoms with Crippen LogP contribution in [0.1, 0.15) is 26.7 Å². The van der Waals surface area contributed by atoms with Crippen LogP contribution in [0.15, 0.2) is 24.3 Å². The van der Waals surface area contributed by atoms with Crippen LogP contribution in [0.25, 0.3) is 0 Å². The Kier molecular flexibility index (Phi) is 8.06. The van der Waals surface area contributed by atoms with E-state index in [-0.39, 0.29) is 25.6 Å². The third-order valence-corrected chi connectivity index (χ3v) is 4.46. The van der Waals surface area contributed by atoms with Gasteiger partial charge in [0.25, 0.3) is 11.8 Å². The highest BCUT2D eigenvalue weighted by Crippen LogP contribution is 2.21. The van der Waals surface area contributed by atoms with Crippen LogP contribution in [0, 0.1) is 0 Å². The highest BCUT2D eigenvalue weighted by atomic mass is 16.5. The van der Waals surface area contributed by atoms with Crippen molar-refractivity contribution in [2.75, 3.05) is 49.5 Å². The van der Waals surface area contributed by atoms with Crippen LogP contribution in [0.5, 0.6) is 0 Å². The van der Waals surface area contributed by atoms with Gasteiger partial charge in [-0.2, -0.15) is 0 Å². The average Bonchev–Trinajstić information content (AvgIpc) is 3.16. The number of imide groups is 1. The van der Waals surface area contributed by atoms with Gasteiger partial charge in [0, 0.05) is 24.5 Å². The van der Waals surface area contributed by atoms with Crippen LogP contribution in [-0.4, -0.2) is 57.2 Å². The second kappa shape index (κ2) is 10.5. The predicted molar refractivity (Wildman–Crippen MR) is 103 cm³/mol. The molecular weight excluding hydrogens is 348 g/mol. The first-order valence-electron chi connectivity index (χ1n) is 9.46. The van der Waals surface area contributed by atoms with Crippen molar-refractivity contribution in [3.63, 3.8) is 0 Å². The standard InChI is InChI=1S/C19H28N4O4/c1-3-22(14-18(25)21-19(26)27-4-2)13-17(24)20-15-7-9-16(10-8-15)23-11-5-6-12-23/h7-10H,3-6,11-14H2,1-2H3,(H,20,24)(H,21,25,26)/p+1. The summed E-state index contributed by atoms with van der Waals surface area (Å²) in [5.74, 6) is -0.641. The summed E-state index contributed by atoms with van der Waals surface area (Å²) in [6.45, 7) is 6.64. The van der Waals surface area contributed by atoms with E-state index in [2.05, 4.69) is 20.3 Å². The molecule has 8 heteroatoms. The van der Waals surface area contributed by atoms with Gasteiger partial charge in [-0.1, -0.05) is 0 Å². The topological polar surface area (TPSA) is 92.2 Å². The minimum atomic E-state index is -0.763. The van der Waals surface area contributed by atoms with E-state index < -0.39 is 12.0 Å². The molecule has 1 aromatic carbocycles.